The predicted molar refractivity (Wildman–Crippen MR) is 124 cm³/mol. The Labute approximate surface area is 191 Å². The summed E-state index contributed by atoms with van der Waals surface area (Å²) >= 11 is 0. The minimum atomic E-state index is -3.89. The number of anilines is 1. The standard InChI is InChI=1S/C20H27N7O5S/c1-14-24-10-17(26-33(31,32)13-15-6-3-2-4-7-15)19(30)27(14)11-18(29)25-16(12-28)8-5-9-23-20(21)22/h2-4,6-7,10,12,16,26H,5,8-9,11,13H2,1H3,(H,25,29)(H4,21,22,23)/t16-/m0/s1. The number of aldehydes is 1. The van der Waals surface area contributed by atoms with Crippen LogP contribution in [0.2, 0.25) is 0 Å². The van der Waals surface area contributed by atoms with Gasteiger partial charge in [-0.15, -0.1) is 0 Å². The molecule has 0 saturated carbocycles. The number of carbonyl (C=O) groups excluding carboxylic acids is 2. The van der Waals surface area contributed by atoms with E-state index in [1.165, 1.54) is 6.92 Å². The van der Waals surface area contributed by atoms with E-state index >= 15 is 0 Å². The van der Waals surface area contributed by atoms with Crippen LogP contribution in [0.3, 0.4) is 0 Å². The quantitative estimate of drug-likeness (QED) is 0.132. The summed E-state index contributed by atoms with van der Waals surface area (Å²) in [4.78, 5) is 44.3. The predicted octanol–water partition coefficient (Wildman–Crippen LogP) is -0.769. The number of nitrogens with zero attached hydrogens (tertiary/aromatic N) is 3. The molecule has 1 amide bonds. The molecule has 1 atom stereocenters. The lowest BCUT2D eigenvalue weighted by Crippen LogP contribution is -2.41. The maximum Gasteiger partial charge on any atom is 0.278 e. The number of nitrogens with two attached hydrogens (primary N) is 2. The monoisotopic (exact) mass is 477 g/mol. The Balaban J connectivity index is 2.07. The van der Waals surface area contributed by atoms with Crippen LogP contribution in [0.1, 0.15) is 24.2 Å². The van der Waals surface area contributed by atoms with E-state index in [-0.39, 0.29) is 23.2 Å². The second-order valence-electron chi connectivity index (χ2n) is 7.22. The zero-order valence-electron chi connectivity index (χ0n) is 18.1. The van der Waals surface area contributed by atoms with Crippen LogP contribution in [0.4, 0.5) is 5.69 Å². The van der Waals surface area contributed by atoms with Crippen LogP contribution in [-0.2, 0) is 31.9 Å². The number of hydrogen-bond acceptors (Lipinski definition) is 7. The van der Waals surface area contributed by atoms with E-state index in [0.29, 0.717) is 31.2 Å². The van der Waals surface area contributed by atoms with Gasteiger partial charge in [0.25, 0.3) is 5.56 Å². The first-order valence-electron chi connectivity index (χ1n) is 10.0. The summed E-state index contributed by atoms with van der Waals surface area (Å²) in [5.41, 5.74) is 10.00. The van der Waals surface area contributed by atoms with E-state index in [9.17, 15) is 22.8 Å². The normalized spacial score (nSPS) is 11.9. The molecule has 6 N–H and O–H groups in total. The molecule has 0 bridgehead atoms. The van der Waals surface area contributed by atoms with Crippen molar-refractivity contribution in [3.8, 4) is 0 Å². The van der Waals surface area contributed by atoms with Crippen LogP contribution >= 0.6 is 0 Å². The number of guanidine groups is 1. The number of rotatable bonds is 12. The lowest BCUT2D eigenvalue weighted by molar-refractivity contribution is -0.124. The summed E-state index contributed by atoms with van der Waals surface area (Å²) in [6.07, 6.45) is 2.44. The van der Waals surface area contributed by atoms with Crippen LogP contribution in [-0.4, -0.2) is 48.7 Å². The molecule has 0 saturated heterocycles. The number of amides is 1. The van der Waals surface area contributed by atoms with Gasteiger partial charge in [-0.25, -0.2) is 13.4 Å². The summed E-state index contributed by atoms with van der Waals surface area (Å²) in [6.45, 7) is 1.36. The maximum absolute atomic E-state index is 12.8. The third-order valence-corrected chi connectivity index (χ3v) is 5.74. The minimum absolute atomic E-state index is 0.0664. The third kappa shape index (κ3) is 8.37. The number of aliphatic imine (C=N–C) groups is 1. The molecule has 0 aliphatic carbocycles. The Morgan fingerprint density at radius 1 is 1.27 bits per heavy atom. The number of carbonyl (C=O) groups is 2. The highest BCUT2D eigenvalue weighted by atomic mass is 32.2. The van der Waals surface area contributed by atoms with E-state index in [2.05, 4.69) is 20.0 Å². The Hall–Kier alpha value is -3.74. The first kappa shape index (κ1) is 25.5. The number of nitrogens with one attached hydrogen (secondary N) is 2. The van der Waals surface area contributed by atoms with Crippen molar-refractivity contribution in [3.05, 3.63) is 58.3 Å². The van der Waals surface area contributed by atoms with Gasteiger partial charge in [0.2, 0.25) is 15.9 Å². The lowest BCUT2D eigenvalue weighted by Gasteiger charge is -2.15. The fraction of sp³-hybridized carbons (Fsp3) is 0.350. The molecule has 0 radical (unpaired) electrons. The summed E-state index contributed by atoms with van der Waals surface area (Å²) in [5.74, 6) is -0.798. The molecule has 13 heteroatoms. The largest absolute Gasteiger partial charge is 0.370 e. The molecule has 2 aromatic rings. The second-order valence-corrected chi connectivity index (χ2v) is 8.94. The fourth-order valence-corrected chi connectivity index (χ4v) is 4.10. The van der Waals surface area contributed by atoms with Gasteiger partial charge in [0.05, 0.1) is 18.0 Å². The summed E-state index contributed by atoms with van der Waals surface area (Å²) < 4.78 is 28.2. The highest BCUT2D eigenvalue weighted by molar-refractivity contribution is 7.91. The Morgan fingerprint density at radius 3 is 2.61 bits per heavy atom. The molecule has 1 aromatic heterocycles. The SMILES string of the molecule is Cc1ncc(NS(=O)(=O)Cc2ccccc2)c(=O)n1CC(=O)N[C@H](C=O)CCCN=C(N)N. The molecule has 0 fully saturated rings. The van der Waals surface area contributed by atoms with Crippen molar-refractivity contribution in [1.82, 2.24) is 14.9 Å². The van der Waals surface area contributed by atoms with Crippen molar-refractivity contribution in [1.29, 1.82) is 0 Å². The molecule has 0 unspecified atom stereocenters. The smallest absolute Gasteiger partial charge is 0.278 e. The van der Waals surface area contributed by atoms with Crippen molar-refractivity contribution in [2.75, 3.05) is 11.3 Å². The van der Waals surface area contributed by atoms with Gasteiger partial charge in [0, 0.05) is 6.54 Å². The molecule has 1 heterocycles. The van der Waals surface area contributed by atoms with Gasteiger partial charge in [0.1, 0.15) is 24.3 Å². The summed E-state index contributed by atoms with van der Waals surface area (Å²) in [5, 5.41) is 2.51. The second kappa shape index (κ2) is 11.8. The topological polar surface area (TPSA) is 192 Å². The first-order chi connectivity index (χ1) is 15.6. The number of hydrogen-bond donors (Lipinski definition) is 4. The van der Waals surface area contributed by atoms with Gasteiger partial charge in [-0.3, -0.25) is 23.9 Å². The van der Waals surface area contributed by atoms with E-state index in [4.69, 9.17) is 11.5 Å². The number of aromatic nitrogens is 2. The van der Waals surface area contributed by atoms with Crippen LogP contribution in [0.15, 0.2) is 46.3 Å². The third-order valence-electron chi connectivity index (χ3n) is 4.49. The van der Waals surface area contributed by atoms with Crippen molar-refractivity contribution in [2.45, 2.75) is 38.1 Å². The molecule has 12 nitrogen and oxygen atoms in total. The maximum atomic E-state index is 12.8. The first-order valence-corrected chi connectivity index (χ1v) is 11.7. The van der Waals surface area contributed by atoms with E-state index in [0.717, 1.165) is 10.8 Å². The Bertz CT molecular complexity index is 1160. The van der Waals surface area contributed by atoms with Crippen LogP contribution in [0.25, 0.3) is 0 Å². The van der Waals surface area contributed by atoms with Crippen LogP contribution in [0, 0.1) is 6.92 Å². The highest BCUT2D eigenvalue weighted by Gasteiger charge is 2.18. The average Bonchev–Trinajstić information content (AvgIpc) is 2.75. The zero-order valence-corrected chi connectivity index (χ0v) is 18.9. The number of aryl methyl sites for hydroxylation is 1. The Morgan fingerprint density at radius 2 is 1.97 bits per heavy atom. The highest BCUT2D eigenvalue weighted by Crippen LogP contribution is 2.09. The van der Waals surface area contributed by atoms with E-state index < -0.39 is 34.1 Å². The molecule has 0 aliphatic rings. The molecule has 33 heavy (non-hydrogen) atoms. The van der Waals surface area contributed by atoms with Gasteiger partial charge < -0.3 is 21.6 Å². The van der Waals surface area contributed by atoms with E-state index in [1.54, 1.807) is 30.3 Å². The van der Waals surface area contributed by atoms with Gasteiger partial charge in [-0.2, -0.15) is 0 Å². The molecular formula is C20H27N7O5S. The lowest BCUT2D eigenvalue weighted by atomic mass is 10.2. The molecule has 0 aliphatic heterocycles. The molecular weight excluding hydrogens is 450 g/mol. The molecule has 178 valence electrons. The summed E-state index contributed by atoms with van der Waals surface area (Å²) in [6, 6.07) is 7.68. The van der Waals surface area contributed by atoms with Crippen molar-refractivity contribution >= 4 is 33.9 Å². The van der Waals surface area contributed by atoms with Crippen molar-refractivity contribution < 1.29 is 18.0 Å². The summed E-state index contributed by atoms with van der Waals surface area (Å²) in [7, 11) is -3.89. The fourth-order valence-electron chi connectivity index (χ4n) is 2.92. The van der Waals surface area contributed by atoms with Crippen LogP contribution in [0.5, 0.6) is 0 Å². The van der Waals surface area contributed by atoms with Crippen molar-refractivity contribution in [2.24, 2.45) is 16.5 Å². The van der Waals surface area contributed by atoms with Gasteiger partial charge in [0.15, 0.2) is 5.96 Å². The molecule has 2 rings (SSSR count). The average molecular weight is 478 g/mol. The molecule has 1 aromatic carbocycles. The number of sulfonamides is 1. The van der Waals surface area contributed by atoms with Crippen molar-refractivity contribution in [3.63, 3.8) is 0 Å². The number of benzene rings is 1. The van der Waals surface area contributed by atoms with Gasteiger partial charge in [-0.1, -0.05) is 30.3 Å². The van der Waals surface area contributed by atoms with Gasteiger partial charge in [-0.05, 0) is 25.3 Å². The minimum Gasteiger partial charge on any atom is -0.370 e. The zero-order chi connectivity index (χ0) is 24.4. The van der Waals surface area contributed by atoms with Gasteiger partial charge >= 0.3 is 0 Å². The molecule has 0 spiro atoms. The van der Waals surface area contributed by atoms with E-state index in [1.807, 2.05) is 0 Å². The van der Waals surface area contributed by atoms with Crippen LogP contribution < -0.4 is 27.1 Å². The Kier molecular flexibility index (Phi) is 9.09.